The normalized spacial score (nSPS) is 20.4. The van der Waals surface area contributed by atoms with Gasteiger partial charge in [-0.3, -0.25) is 24.6 Å². The van der Waals surface area contributed by atoms with Crippen molar-refractivity contribution < 1.29 is 19.4 Å². The number of aromatic nitrogens is 1. The van der Waals surface area contributed by atoms with Crippen molar-refractivity contribution in [2.45, 2.75) is 19.1 Å². The molecule has 1 saturated heterocycles. The Bertz CT molecular complexity index is 1120. The molecule has 1 aromatic carbocycles. The van der Waals surface area contributed by atoms with Crippen molar-refractivity contribution in [2.24, 2.45) is 4.99 Å². The van der Waals surface area contributed by atoms with Gasteiger partial charge in [0, 0.05) is 67.3 Å². The number of amidine groups is 1. The molecule has 0 amide bonds. The van der Waals surface area contributed by atoms with Crippen LogP contribution in [0.15, 0.2) is 58.9 Å². The van der Waals surface area contributed by atoms with Crippen LogP contribution < -0.4 is 5.32 Å². The van der Waals surface area contributed by atoms with Crippen molar-refractivity contribution in [3.63, 3.8) is 0 Å². The molecular formula is C25H29ClFN5O3. The number of nitrogens with one attached hydrogen (secondary N) is 1. The number of aliphatic hydroxyl groups excluding tert-OH is 2. The summed E-state index contributed by atoms with van der Waals surface area (Å²) in [7, 11) is 0. The largest absolute Gasteiger partial charge is 0.394 e. The molecular weight excluding hydrogens is 473 g/mol. The summed E-state index contributed by atoms with van der Waals surface area (Å²) in [6.45, 7) is 5.05. The van der Waals surface area contributed by atoms with E-state index in [-0.39, 0.29) is 17.4 Å². The number of ketones is 1. The second-order valence-electron chi connectivity index (χ2n) is 8.75. The highest BCUT2D eigenvalue weighted by atomic mass is 35.5. The van der Waals surface area contributed by atoms with Crippen molar-refractivity contribution in [2.75, 3.05) is 45.9 Å². The maximum Gasteiger partial charge on any atom is 0.160 e. The first-order valence-corrected chi connectivity index (χ1v) is 11.9. The molecule has 8 nitrogen and oxygen atoms in total. The van der Waals surface area contributed by atoms with Crippen LogP contribution in [0.25, 0.3) is 0 Å². The lowest BCUT2D eigenvalue weighted by atomic mass is 9.92. The number of nitrogens with zero attached hydrogens (tertiary/aromatic N) is 4. The van der Waals surface area contributed by atoms with E-state index in [9.17, 15) is 14.3 Å². The third-order valence-electron chi connectivity index (χ3n) is 6.20. The van der Waals surface area contributed by atoms with Crippen LogP contribution in [-0.4, -0.2) is 88.6 Å². The number of benzene rings is 1. The number of piperazine rings is 1. The summed E-state index contributed by atoms with van der Waals surface area (Å²) in [5.41, 5.74) is 2.37. The standard InChI is InChI=1S/C25H29ClFN5O3/c1-16(34)23-22(14-32-10-8-31(9-11-32)13-18(35)15-33)29-25(21-4-2-3-7-28-21)30-24(23)19-6-5-17(27)12-20(19)26/h2-7,12,18,24,33,35H,8-11,13-15H2,1H3,(H,29,30). The Balaban J connectivity index is 1.65. The number of hydrogen-bond donors (Lipinski definition) is 3. The molecule has 10 heteroatoms. The Morgan fingerprint density at radius 1 is 1.23 bits per heavy atom. The van der Waals surface area contributed by atoms with Crippen molar-refractivity contribution in [3.8, 4) is 0 Å². The molecule has 1 aromatic heterocycles. The second-order valence-corrected chi connectivity index (χ2v) is 9.15. The lowest BCUT2D eigenvalue weighted by molar-refractivity contribution is -0.114. The lowest BCUT2D eigenvalue weighted by Gasteiger charge is -2.37. The molecule has 2 aliphatic rings. The maximum absolute atomic E-state index is 13.8. The zero-order chi connectivity index (χ0) is 24.9. The van der Waals surface area contributed by atoms with Gasteiger partial charge in [-0.15, -0.1) is 0 Å². The molecule has 0 radical (unpaired) electrons. The summed E-state index contributed by atoms with van der Waals surface area (Å²) in [4.78, 5) is 26.4. The molecule has 4 rings (SSSR count). The number of aliphatic hydroxyl groups is 2. The van der Waals surface area contributed by atoms with Gasteiger partial charge in [0.05, 0.1) is 12.7 Å². The molecule has 186 valence electrons. The minimum atomic E-state index is -0.757. The van der Waals surface area contributed by atoms with E-state index in [1.807, 2.05) is 18.2 Å². The predicted molar refractivity (Wildman–Crippen MR) is 132 cm³/mol. The molecule has 2 aromatic rings. The summed E-state index contributed by atoms with van der Waals surface area (Å²) in [5.74, 6) is -0.0912. The van der Waals surface area contributed by atoms with Crippen LogP contribution in [0.4, 0.5) is 4.39 Å². The zero-order valence-corrected chi connectivity index (χ0v) is 20.2. The van der Waals surface area contributed by atoms with E-state index >= 15 is 0 Å². The number of halogens is 2. The van der Waals surface area contributed by atoms with Gasteiger partial charge in [0.1, 0.15) is 17.6 Å². The Kier molecular flexibility index (Phi) is 8.25. The number of carbonyl (C=O) groups excluding carboxylic acids is 1. The Labute approximate surface area is 208 Å². The first-order valence-electron chi connectivity index (χ1n) is 11.5. The van der Waals surface area contributed by atoms with Gasteiger partial charge < -0.3 is 15.5 Å². The van der Waals surface area contributed by atoms with Gasteiger partial charge in [-0.2, -0.15) is 0 Å². The number of aliphatic imine (C=N–C) groups is 1. The van der Waals surface area contributed by atoms with Crippen LogP contribution in [-0.2, 0) is 4.79 Å². The molecule has 1 fully saturated rings. The monoisotopic (exact) mass is 501 g/mol. The summed E-state index contributed by atoms with van der Waals surface area (Å²) in [6.07, 6.45) is 0.912. The quantitative estimate of drug-likeness (QED) is 0.507. The highest BCUT2D eigenvalue weighted by Gasteiger charge is 2.32. The van der Waals surface area contributed by atoms with Crippen LogP contribution in [0.3, 0.4) is 0 Å². The van der Waals surface area contributed by atoms with Gasteiger partial charge >= 0.3 is 0 Å². The molecule has 2 atom stereocenters. The van der Waals surface area contributed by atoms with E-state index in [2.05, 4.69) is 20.1 Å². The number of pyridine rings is 1. The molecule has 3 heterocycles. The second kappa shape index (κ2) is 11.4. The Hall–Kier alpha value is -2.69. The number of Topliss-reactive ketones (excluding diaryl/α,β-unsaturated/α-hetero) is 1. The van der Waals surface area contributed by atoms with E-state index < -0.39 is 18.0 Å². The molecule has 35 heavy (non-hydrogen) atoms. The van der Waals surface area contributed by atoms with E-state index in [1.54, 1.807) is 12.3 Å². The number of β-amino-alcohol motifs (C(OH)–C–C–N with tert-alkyl or cyclic N) is 1. The third kappa shape index (κ3) is 6.12. The number of carbonyl (C=O) groups is 1. The first kappa shape index (κ1) is 25.4. The highest BCUT2D eigenvalue weighted by molar-refractivity contribution is 6.31. The Morgan fingerprint density at radius 3 is 2.60 bits per heavy atom. The summed E-state index contributed by atoms with van der Waals surface area (Å²) < 4.78 is 13.8. The van der Waals surface area contributed by atoms with Crippen molar-refractivity contribution in [1.29, 1.82) is 0 Å². The summed E-state index contributed by atoms with van der Waals surface area (Å²) >= 11 is 6.40. The van der Waals surface area contributed by atoms with Crippen LogP contribution in [0.2, 0.25) is 5.02 Å². The average Bonchev–Trinajstić information content (AvgIpc) is 2.85. The number of hydrogen-bond acceptors (Lipinski definition) is 8. The molecule has 0 spiro atoms. The lowest BCUT2D eigenvalue weighted by Crippen LogP contribution is -2.50. The SMILES string of the molecule is CC(=O)C1=C(CN2CCN(CC(O)CO)CC2)NC(c2ccccn2)=NC1c1ccc(F)cc1Cl. The fourth-order valence-corrected chi connectivity index (χ4v) is 4.69. The van der Waals surface area contributed by atoms with Gasteiger partial charge in [-0.05, 0) is 31.2 Å². The highest BCUT2D eigenvalue weighted by Crippen LogP contribution is 2.36. The van der Waals surface area contributed by atoms with Crippen molar-refractivity contribution in [3.05, 3.63) is 76.0 Å². The van der Waals surface area contributed by atoms with Crippen molar-refractivity contribution >= 4 is 23.2 Å². The maximum atomic E-state index is 13.8. The third-order valence-corrected chi connectivity index (χ3v) is 6.52. The fraction of sp³-hybridized carbons (Fsp3) is 0.400. The van der Waals surface area contributed by atoms with Crippen LogP contribution in [0.1, 0.15) is 24.2 Å². The van der Waals surface area contributed by atoms with Gasteiger partial charge in [-0.1, -0.05) is 23.7 Å². The topological polar surface area (TPSA) is 101 Å². The molecule has 0 bridgehead atoms. The van der Waals surface area contributed by atoms with E-state index in [4.69, 9.17) is 21.7 Å². The minimum absolute atomic E-state index is 0.147. The smallest absolute Gasteiger partial charge is 0.160 e. The summed E-state index contributed by atoms with van der Waals surface area (Å²) in [5, 5.41) is 22.4. The average molecular weight is 502 g/mol. The predicted octanol–water partition coefficient (Wildman–Crippen LogP) is 1.78. The first-order chi connectivity index (χ1) is 16.9. The van der Waals surface area contributed by atoms with Gasteiger partial charge in [0.25, 0.3) is 0 Å². The molecule has 3 N–H and O–H groups in total. The van der Waals surface area contributed by atoms with E-state index in [1.165, 1.54) is 19.1 Å². The fourth-order valence-electron chi connectivity index (χ4n) is 4.42. The van der Waals surface area contributed by atoms with E-state index in [0.717, 1.165) is 26.2 Å². The van der Waals surface area contributed by atoms with Gasteiger partial charge in [0.2, 0.25) is 0 Å². The Morgan fingerprint density at radius 2 is 1.97 bits per heavy atom. The molecule has 0 saturated carbocycles. The molecule has 2 unspecified atom stereocenters. The van der Waals surface area contributed by atoms with Crippen LogP contribution >= 0.6 is 11.6 Å². The molecule has 0 aliphatic carbocycles. The zero-order valence-electron chi connectivity index (χ0n) is 19.5. The minimum Gasteiger partial charge on any atom is -0.394 e. The van der Waals surface area contributed by atoms with Gasteiger partial charge in [-0.25, -0.2) is 4.39 Å². The van der Waals surface area contributed by atoms with Crippen molar-refractivity contribution in [1.82, 2.24) is 20.1 Å². The summed E-state index contributed by atoms with van der Waals surface area (Å²) in [6, 6.07) is 8.91. The van der Waals surface area contributed by atoms with E-state index in [0.29, 0.717) is 41.5 Å². The number of rotatable bonds is 8. The molecule has 2 aliphatic heterocycles. The van der Waals surface area contributed by atoms with Crippen LogP contribution in [0, 0.1) is 5.82 Å². The van der Waals surface area contributed by atoms with Crippen LogP contribution in [0.5, 0.6) is 0 Å². The van der Waals surface area contributed by atoms with Gasteiger partial charge in [0.15, 0.2) is 11.6 Å².